The predicted molar refractivity (Wildman–Crippen MR) is 123 cm³/mol. The molecule has 0 amide bonds. The van der Waals surface area contributed by atoms with E-state index in [0.717, 1.165) is 11.3 Å². The molecule has 0 aliphatic carbocycles. The van der Waals surface area contributed by atoms with E-state index in [-0.39, 0.29) is 12.4 Å². The molecule has 0 bridgehead atoms. The lowest BCUT2D eigenvalue weighted by molar-refractivity contribution is 0.103. The maximum Gasteiger partial charge on any atom is 0.195 e. The van der Waals surface area contributed by atoms with Crippen LogP contribution in [0.3, 0.4) is 0 Å². The second-order valence-electron chi connectivity index (χ2n) is 7.40. The summed E-state index contributed by atoms with van der Waals surface area (Å²) < 4.78 is 5.53. The molecular weight excluding hydrogens is 372 g/mol. The highest BCUT2D eigenvalue weighted by Gasteiger charge is 2.16. The molecule has 3 N–H and O–H groups in total. The van der Waals surface area contributed by atoms with Crippen molar-refractivity contribution in [1.82, 2.24) is 0 Å². The first-order valence-corrected chi connectivity index (χ1v) is 9.91. The summed E-state index contributed by atoms with van der Waals surface area (Å²) >= 11 is 0. The van der Waals surface area contributed by atoms with E-state index >= 15 is 0 Å². The van der Waals surface area contributed by atoms with Gasteiger partial charge in [0.25, 0.3) is 0 Å². The molecule has 0 saturated carbocycles. The molecule has 0 saturated heterocycles. The highest BCUT2D eigenvalue weighted by Crippen LogP contribution is 2.26. The van der Waals surface area contributed by atoms with Crippen molar-refractivity contribution in [2.24, 2.45) is 0 Å². The summed E-state index contributed by atoms with van der Waals surface area (Å²) in [5.41, 5.74) is 10.7. The maximum absolute atomic E-state index is 13.3. The average molecular weight is 399 g/mol. The Balaban J connectivity index is 1.90. The van der Waals surface area contributed by atoms with Crippen LogP contribution in [-0.2, 0) is 6.54 Å². The second-order valence-corrected chi connectivity index (χ2v) is 7.40. The molecule has 4 heteroatoms. The van der Waals surface area contributed by atoms with Gasteiger partial charge in [0, 0.05) is 29.0 Å². The summed E-state index contributed by atoms with van der Waals surface area (Å²) in [5.74, 6) is 3.34. The number of benzene rings is 3. The highest BCUT2D eigenvalue weighted by atomic mass is 16.5. The molecule has 3 rings (SSSR count). The number of nitrogens with two attached hydrogens (primary N) is 1. The Morgan fingerprint density at radius 1 is 1.10 bits per heavy atom. The van der Waals surface area contributed by atoms with Crippen molar-refractivity contribution >= 4 is 17.2 Å². The van der Waals surface area contributed by atoms with Crippen molar-refractivity contribution in [2.75, 3.05) is 17.7 Å². The molecule has 0 heterocycles. The zero-order valence-electron chi connectivity index (χ0n) is 17.3. The molecule has 0 atom stereocenters. The smallest absolute Gasteiger partial charge is 0.195 e. The van der Waals surface area contributed by atoms with E-state index in [1.807, 2.05) is 54.6 Å². The van der Waals surface area contributed by atoms with Crippen molar-refractivity contribution in [3.05, 3.63) is 89.0 Å². The summed E-state index contributed by atoms with van der Waals surface area (Å²) in [6.07, 6.45) is 5.29. The third kappa shape index (κ3) is 5.21. The predicted octanol–water partition coefficient (Wildman–Crippen LogP) is 5.25. The number of ether oxygens (including phenoxy) is 1. The minimum Gasteiger partial charge on any atom is -0.481 e. The van der Waals surface area contributed by atoms with E-state index in [1.54, 1.807) is 12.1 Å². The Morgan fingerprint density at radius 3 is 2.53 bits per heavy atom. The van der Waals surface area contributed by atoms with Gasteiger partial charge in [-0.2, -0.15) is 0 Å². The normalized spacial score (nSPS) is 10.5. The standard InChI is InChI=1S/C26H26N2O2/c1-4-14-30-23-12-13-25(28-17-19-6-5-7-22(27)15-19)24(16-23)26(29)21-10-8-20(9-11-21)18(2)3/h1,5-13,15-16,18,28H,14,17,27H2,2-3H3. The van der Waals surface area contributed by atoms with Crippen LogP contribution >= 0.6 is 0 Å². The average Bonchev–Trinajstić information content (AvgIpc) is 2.76. The Bertz CT molecular complexity index is 1060. The third-order valence-electron chi connectivity index (χ3n) is 4.83. The van der Waals surface area contributed by atoms with E-state index < -0.39 is 0 Å². The van der Waals surface area contributed by atoms with Crippen molar-refractivity contribution in [3.8, 4) is 18.1 Å². The van der Waals surface area contributed by atoms with Crippen LogP contribution in [-0.4, -0.2) is 12.4 Å². The van der Waals surface area contributed by atoms with E-state index in [2.05, 4.69) is 25.1 Å². The van der Waals surface area contributed by atoms with Gasteiger partial charge in [0.05, 0.1) is 0 Å². The van der Waals surface area contributed by atoms with Crippen LogP contribution in [0.1, 0.15) is 46.8 Å². The number of anilines is 2. The van der Waals surface area contributed by atoms with Gasteiger partial charge in [-0.15, -0.1) is 6.42 Å². The van der Waals surface area contributed by atoms with Gasteiger partial charge in [0.15, 0.2) is 5.78 Å². The number of hydrogen-bond acceptors (Lipinski definition) is 4. The van der Waals surface area contributed by atoms with E-state index in [9.17, 15) is 4.79 Å². The Morgan fingerprint density at radius 2 is 1.87 bits per heavy atom. The minimum absolute atomic E-state index is 0.0773. The third-order valence-corrected chi connectivity index (χ3v) is 4.83. The molecule has 3 aromatic rings. The number of terminal acetylenes is 1. The molecule has 4 nitrogen and oxygen atoms in total. The first-order valence-electron chi connectivity index (χ1n) is 9.91. The first-order chi connectivity index (χ1) is 14.5. The zero-order chi connectivity index (χ0) is 21.5. The van der Waals surface area contributed by atoms with Crippen LogP contribution in [0, 0.1) is 12.3 Å². The van der Waals surface area contributed by atoms with Crippen molar-refractivity contribution in [2.45, 2.75) is 26.3 Å². The molecule has 0 aromatic heterocycles. The summed E-state index contributed by atoms with van der Waals surface area (Å²) in [6, 6.07) is 20.8. The Kier molecular flexibility index (Phi) is 6.77. The molecule has 3 aromatic carbocycles. The molecule has 0 radical (unpaired) electrons. The SMILES string of the molecule is C#CCOc1ccc(NCc2cccc(N)c2)c(C(=O)c2ccc(C(C)C)cc2)c1. The fourth-order valence-corrected chi connectivity index (χ4v) is 3.16. The zero-order valence-corrected chi connectivity index (χ0v) is 17.3. The van der Waals surface area contributed by atoms with Crippen molar-refractivity contribution in [1.29, 1.82) is 0 Å². The lowest BCUT2D eigenvalue weighted by Gasteiger charge is -2.14. The van der Waals surface area contributed by atoms with Gasteiger partial charge >= 0.3 is 0 Å². The molecule has 30 heavy (non-hydrogen) atoms. The topological polar surface area (TPSA) is 64.3 Å². The number of nitrogen functional groups attached to an aromatic ring is 1. The molecule has 0 unspecified atom stereocenters. The highest BCUT2D eigenvalue weighted by molar-refractivity contribution is 6.12. The summed E-state index contributed by atoms with van der Waals surface area (Å²) in [5, 5.41) is 3.35. The van der Waals surface area contributed by atoms with E-state index in [4.69, 9.17) is 16.9 Å². The summed E-state index contributed by atoms with van der Waals surface area (Å²) in [6.45, 7) is 4.94. The molecule has 152 valence electrons. The number of carbonyl (C=O) groups excluding carboxylic acids is 1. The van der Waals surface area contributed by atoms with Gasteiger partial charge in [0.2, 0.25) is 0 Å². The fraction of sp³-hybridized carbons (Fsp3) is 0.192. The van der Waals surface area contributed by atoms with Crippen LogP contribution in [0.4, 0.5) is 11.4 Å². The largest absolute Gasteiger partial charge is 0.481 e. The van der Waals surface area contributed by atoms with Gasteiger partial charge in [-0.3, -0.25) is 4.79 Å². The number of nitrogens with one attached hydrogen (secondary N) is 1. The van der Waals surface area contributed by atoms with Gasteiger partial charge in [-0.25, -0.2) is 0 Å². The lowest BCUT2D eigenvalue weighted by Crippen LogP contribution is -2.09. The molecule has 0 fully saturated rings. The summed E-state index contributed by atoms with van der Waals surface area (Å²) in [7, 11) is 0. The van der Waals surface area contributed by atoms with E-state index in [1.165, 1.54) is 5.56 Å². The first kappa shape index (κ1) is 21.0. The van der Waals surface area contributed by atoms with Crippen LogP contribution < -0.4 is 15.8 Å². The minimum atomic E-state index is -0.0773. The van der Waals surface area contributed by atoms with Gasteiger partial charge < -0.3 is 15.8 Å². The van der Waals surface area contributed by atoms with Crippen LogP contribution in [0.25, 0.3) is 0 Å². The molecule has 0 spiro atoms. The lowest BCUT2D eigenvalue weighted by atomic mass is 9.97. The Labute approximate surface area is 178 Å². The number of ketones is 1. The Hall–Kier alpha value is -3.71. The van der Waals surface area contributed by atoms with Crippen molar-refractivity contribution < 1.29 is 9.53 Å². The maximum atomic E-state index is 13.3. The molecule has 0 aliphatic heterocycles. The molecule has 0 aliphatic rings. The number of hydrogen-bond donors (Lipinski definition) is 2. The van der Waals surface area contributed by atoms with Crippen LogP contribution in [0.5, 0.6) is 5.75 Å². The van der Waals surface area contributed by atoms with Crippen molar-refractivity contribution in [3.63, 3.8) is 0 Å². The van der Waals surface area contributed by atoms with Gasteiger partial charge in [-0.1, -0.05) is 56.2 Å². The number of carbonyl (C=O) groups is 1. The second kappa shape index (κ2) is 9.67. The van der Waals surface area contributed by atoms with Gasteiger partial charge in [0.1, 0.15) is 12.4 Å². The number of rotatable bonds is 8. The van der Waals surface area contributed by atoms with Gasteiger partial charge in [-0.05, 0) is 47.4 Å². The quantitative estimate of drug-likeness (QED) is 0.309. The van der Waals surface area contributed by atoms with Crippen LogP contribution in [0.2, 0.25) is 0 Å². The summed E-state index contributed by atoms with van der Waals surface area (Å²) in [4.78, 5) is 13.3. The van der Waals surface area contributed by atoms with E-state index in [0.29, 0.717) is 35.0 Å². The van der Waals surface area contributed by atoms with Crippen LogP contribution in [0.15, 0.2) is 66.7 Å². The monoisotopic (exact) mass is 398 g/mol. The fourth-order valence-electron chi connectivity index (χ4n) is 3.16. The molecular formula is C26H26N2O2.